The highest BCUT2D eigenvalue weighted by Crippen LogP contribution is 2.19. The Morgan fingerprint density at radius 1 is 1.23 bits per heavy atom. The smallest absolute Gasteiger partial charge is 0.355 e. The quantitative estimate of drug-likeness (QED) is 0.776. The second-order valence-electron chi connectivity index (χ2n) is 5.07. The predicted octanol–water partition coefficient (Wildman–Crippen LogP) is 1.49. The topological polar surface area (TPSA) is 97.5 Å². The van der Waals surface area contributed by atoms with Crippen LogP contribution in [0.15, 0.2) is 0 Å². The Bertz CT molecular complexity index is 577. The Labute approximate surface area is 129 Å². The van der Waals surface area contributed by atoms with Crippen molar-refractivity contribution in [3.8, 4) is 0 Å². The zero-order valence-electron chi connectivity index (χ0n) is 13.5. The van der Waals surface area contributed by atoms with E-state index in [1.807, 2.05) is 13.8 Å². The molecular formula is C15H22N2O5. The zero-order valence-corrected chi connectivity index (χ0v) is 13.5. The van der Waals surface area contributed by atoms with Gasteiger partial charge in [-0.15, -0.1) is 0 Å². The highest BCUT2D eigenvalue weighted by Gasteiger charge is 2.23. The monoisotopic (exact) mass is 310 g/mol. The average Bonchev–Trinajstić information content (AvgIpc) is 2.78. The lowest BCUT2D eigenvalue weighted by Gasteiger charge is -2.11. The molecule has 1 aromatic rings. The van der Waals surface area contributed by atoms with E-state index in [2.05, 4.69) is 15.0 Å². The minimum atomic E-state index is -0.685. The van der Waals surface area contributed by atoms with E-state index in [1.165, 1.54) is 7.11 Å². The summed E-state index contributed by atoms with van der Waals surface area (Å²) in [5, 5.41) is 2.69. The lowest BCUT2D eigenvalue weighted by molar-refractivity contribution is -0.124. The highest BCUT2D eigenvalue weighted by molar-refractivity contribution is 5.99. The summed E-state index contributed by atoms with van der Waals surface area (Å²) in [6, 6.07) is 0.0200. The summed E-state index contributed by atoms with van der Waals surface area (Å²) in [4.78, 5) is 38.1. The van der Waals surface area contributed by atoms with Crippen molar-refractivity contribution in [1.82, 2.24) is 10.3 Å². The normalized spacial score (nSPS) is 11.7. The van der Waals surface area contributed by atoms with E-state index in [4.69, 9.17) is 4.74 Å². The minimum absolute atomic E-state index is 0.0200. The Balaban J connectivity index is 2.75. The number of hydrogen-bond acceptors (Lipinski definition) is 5. The molecule has 0 bridgehead atoms. The zero-order chi connectivity index (χ0) is 16.9. The van der Waals surface area contributed by atoms with Gasteiger partial charge in [0.2, 0.25) is 0 Å². The van der Waals surface area contributed by atoms with Crippen LogP contribution >= 0.6 is 0 Å². The second kappa shape index (κ2) is 7.63. The van der Waals surface area contributed by atoms with Crippen LogP contribution in [0.4, 0.5) is 0 Å². The third-order valence-electron chi connectivity index (χ3n) is 3.39. The molecule has 1 aromatic heterocycles. The molecule has 0 radical (unpaired) electrons. The van der Waals surface area contributed by atoms with Crippen molar-refractivity contribution >= 4 is 17.8 Å². The summed E-state index contributed by atoms with van der Waals surface area (Å²) in [6.07, 6.45) is 0.789. The number of esters is 2. The lowest BCUT2D eigenvalue weighted by Crippen LogP contribution is -2.35. The van der Waals surface area contributed by atoms with Crippen LogP contribution in [0, 0.1) is 13.8 Å². The Morgan fingerprint density at radius 2 is 1.86 bits per heavy atom. The van der Waals surface area contributed by atoms with Crippen LogP contribution in [-0.2, 0) is 14.3 Å². The standard InChI is InChI=1S/C15H22N2O5/c1-6-8(2)16-11(18)7-22-15(20)13-9(3)12(10(4)17-13)14(19)21-5/h8,17H,6-7H2,1-5H3,(H,16,18). The first-order valence-electron chi connectivity index (χ1n) is 7.05. The molecule has 1 rings (SSSR count). The first-order valence-corrected chi connectivity index (χ1v) is 7.05. The van der Waals surface area contributed by atoms with Gasteiger partial charge in [0, 0.05) is 11.7 Å². The molecule has 0 saturated heterocycles. The molecule has 1 unspecified atom stereocenters. The number of methoxy groups -OCH3 is 1. The van der Waals surface area contributed by atoms with Crippen LogP contribution in [0.3, 0.4) is 0 Å². The number of carbonyl (C=O) groups excluding carboxylic acids is 3. The van der Waals surface area contributed by atoms with Crippen LogP contribution in [0.5, 0.6) is 0 Å². The number of hydrogen-bond donors (Lipinski definition) is 2. The molecule has 7 nitrogen and oxygen atoms in total. The number of amides is 1. The molecule has 2 N–H and O–H groups in total. The van der Waals surface area contributed by atoms with Gasteiger partial charge >= 0.3 is 11.9 Å². The van der Waals surface area contributed by atoms with Crippen LogP contribution in [0.25, 0.3) is 0 Å². The SMILES string of the molecule is CCC(C)NC(=O)COC(=O)c1[nH]c(C)c(C(=O)OC)c1C. The number of carbonyl (C=O) groups is 3. The summed E-state index contributed by atoms with van der Waals surface area (Å²) in [7, 11) is 1.27. The second-order valence-corrected chi connectivity index (χ2v) is 5.07. The van der Waals surface area contributed by atoms with Crippen molar-refractivity contribution in [3.63, 3.8) is 0 Å². The molecule has 1 heterocycles. The molecule has 0 aliphatic carbocycles. The number of aryl methyl sites for hydroxylation is 1. The van der Waals surface area contributed by atoms with E-state index in [9.17, 15) is 14.4 Å². The van der Waals surface area contributed by atoms with E-state index < -0.39 is 11.9 Å². The molecule has 0 aromatic carbocycles. The van der Waals surface area contributed by atoms with Crippen LogP contribution < -0.4 is 5.32 Å². The maximum atomic E-state index is 12.0. The van der Waals surface area contributed by atoms with E-state index in [0.717, 1.165) is 6.42 Å². The third kappa shape index (κ3) is 4.09. The van der Waals surface area contributed by atoms with E-state index in [0.29, 0.717) is 16.8 Å². The largest absolute Gasteiger partial charge is 0.465 e. The van der Waals surface area contributed by atoms with E-state index in [-0.39, 0.29) is 24.2 Å². The van der Waals surface area contributed by atoms with Crippen LogP contribution in [0.1, 0.15) is 52.4 Å². The van der Waals surface area contributed by atoms with E-state index >= 15 is 0 Å². The van der Waals surface area contributed by atoms with Gasteiger partial charge < -0.3 is 19.8 Å². The molecule has 0 aliphatic rings. The van der Waals surface area contributed by atoms with Crippen molar-refractivity contribution in [3.05, 3.63) is 22.5 Å². The molecule has 0 aliphatic heterocycles. The Morgan fingerprint density at radius 3 is 2.41 bits per heavy atom. The van der Waals surface area contributed by atoms with Crippen molar-refractivity contribution in [2.45, 2.75) is 40.2 Å². The summed E-state index contributed by atoms with van der Waals surface area (Å²) in [5.41, 5.74) is 1.41. The van der Waals surface area contributed by atoms with Gasteiger partial charge in [-0.2, -0.15) is 0 Å². The van der Waals surface area contributed by atoms with Crippen molar-refractivity contribution in [2.24, 2.45) is 0 Å². The molecule has 0 spiro atoms. The third-order valence-corrected chi connectivity index (χ3v) is 3.39. The summed E-state index contributed by atoms with van der Waals surface area (Å²) < 4.78 is 9.63. The van der Waals surface area contributed by atoms with Crippen molar-refractivity contribution in [1.29, 1.82) is 0 Å². The molecule has 22 heavy (non-hydrogen) atoms. The molecule has 0 fully saturated rings. The van der Waals surface area contributed by atoms with Gasteiger partial charge in [0.1, 0.15) is 5.69 Å². The first kappa shape index (κ1) is 17.7. The molecule has 7 heteroatoms. The van der Waals surface area contributed by atoms with Gasteiger partial charge in [0.15, 0.2) is 6.61 Å². The lowest BCUT2D eigenvalue weighted by atomic mass is 10.1. The number of rotatable bonds is 6. The molecule has 1 amide bonds. The molecule has 122 valence electrons. The van der Waals surface area contributed by atoms with Gasteiger partial charge in [-0.3, -0.25) is 4.79 Å². The maximum absolute atomic E-state index is 12.0. The van der Waals surface area contributed by atoms with Gasteiger partial charge in [-0.25, -0.2) is 9.59 Å². The van der Waals surface area contributed by atoms with Gasteiger partial charge in [0.05, 0.1) is 12.7 Å². The van der Waals surface area contributed by atoms with Crippen LogP contribution in [0.2, 0.25) is 0 Å². The number of aromatic nitrogens is 1. The summed E-state index contributed by atoms with van der Waals surface area (Å²) >= 11 is 0. The summed E-state index contributed by atoms with van der Waals surface area (Å²) in [6.45, 7) is 6.71. The number of H-pyrrole nitrogens is 1. The van der Waals surface area contributed by atoms with Gasteiger partial charge in [0.25, 0.3) is 5.91 Å². The number of nitrogens with one attached hydrogen (secondary N) is 2. The predicted molar refractivity (Wildman–Crippen MR) is 79.8 cm³/mol. The molecule has 1 atom stereocenters. The maximum Gasteiger partial charge on any atom is 0.355 e. The van der Waals surface area contributed by atoms with Gasteiger partial charge in [-0.05, 0) is 32.8 Å². The van der Waals surface area contributed by atoms with E-state index in [1.54, 1.807) is 13.8 Å². The fourth-order valence-corrected chi connectivity index (χ4v) is 1.98. The van der Waals surface area contributed by atoms with Crippen LogP contribution in [-0.4, -0.2) is 42.6 Å². The molecule has 0 saturated carbocycles. The highest BCUT2D eigenvalue weighted by atomic mass is 16.5. The van der Waals surface area contributed by atoms with Gasteiger partial charge in [-0.1, -0.05) is 6.92 Å². The number of aromatic amines is 1. The van der Waals surface area contributed by atoms with Crippen molar-refractivity contribution in [2.75, 3.05) is 13.7 Å². The first-order chi connectivity index (χ1) is 10.3. The Hall–Kier alpha value is -2.31. The Kier molecular flexibility index (Phi) is 6.15. The fourth-order valence-electron chi connectivity index (χ4n) is 1.98. The molecular weight excluding hydrogens is 288 g/mol. The number of ether oxygens (including phenoxy) is 2. The fraction of sp³-hybridized carbons (Fsp3) is 0.533. The summed E-state index contributed by atoms with van der Waals surface area (Å²) in [5.74, 6) is -1.58. The average molecular weight is 310 g/mol. The minimum Gasteiger partial charge on any atom is -0.465 e. The van der Waals surface area contributed by atoms with Crippen molar-refractivity contribution < 1.29 is 23.9 Å².